The van der Waals surface area contributed by atoms with Gasteiger partial charge in [0.2, 0.25) is 5.88 Å². The highest BCUT2D eigenvalue weighted by molar-refractivity contribution is 7.17. The van der Waals surface area contributed by atoms with E-state index in [-0.39, 0.29) is 11.8 Å². The Labute approximate surface area is 137 Å². The van der Waals surface area contributed by atoms with E-state index in [0.717, 1.165) is 16.5 Å². The van der Waals surface area contributed by atoms with Crippen LogP contribution in [0.25, 0.3) is 21.2 Å². The van der Waals surface area contributed by atoms with Crippen molar-refractivity contribution < 1.29 is 10.2 Å². The van der Waals surface area contributed by atoms with Crippen LogP contribution in [0.15, 0.2) is 66.0 Å². The van der Waals surface area contributed by atoms with Gasteiger partial charge in [0, 0.05) is 16.3 Å². The molecule has 2 aromatic heterocycles. The van der Waals surface area contributed by atoms with E-state index in [9.17, 15) is 10.2 Å². The molecule has 0 unspecified atom stereocenters. The van der Waals surface area contributed by atoms with Gasteiger partial charge in [-0.15, -0.1) is 11.3 Å². The maximum absolute atomic E-state index is 10.6. The summed E-state index contributed by atoms with van der Waals surface area (Å²) in [5.74, 6) is 0.146. The SMILES string of the molecule is Oc1cc(-c2ccc3sccc3c2)c(O)n1Cc1ccccc1. The average molecular weight is 321 g/mol. The molecule has 2 N–H and O–H groups in total. The quantitative estimate of drug-likeness (QED) is 0.568. The Bertz CT molecular complexity index is 970. The Morgan fingerprint density at radius 3 is 2.57 bits per heavy atom. The van der Waals surface area contributed by atoms with Crippen LogP contribution in [0.2, 0.25) is 0 Å². The van der Waals surface area contributed by atoms with Crippen molar-refractivity contribution in [3.63, 3.8) is 0 Å². The Morgan fingerprint density at radius 1 is 0.913 bits per heavy atom. The summed E-state index contributed by atoms with van der Waals surface area (Å²) in [5, 5.41) is 24.0. The molecular weight excluding hydrogens is 306 g/mol. The summed E-state index contributed by atoms with van der Waals surface area (Å²) in [5.41, 5.74) is 2.57. The molecule has 4 rings (SSSR count). The van der Waals surface area contributed by atoms with Gasteiger partial charge in [-0.2, -0.15) is 0 Å². The Hall–Kier alpha value is -2.72. The van der Waals surface area contributed by atoms with Crippen molar-refractivity contribution in [3.8, 4) is 22.9 Å². The number of aromatic hydroxyl groups is 2. The molecule has 0 radical (unpaired) electrons. The third kappa shape index (κ3) is 2.47. The second kappa shape index (κ2) is 5.48. The number of benzene rings is 2. The lowest BCUT2D eigenvalue weighted by Gasteiger charge is -2.07. The summed E-state index contributed by atoms with van der Waals surface area (Å²) in [6, 6.07) is 19.5. The molecule has 23 heavy (non-hydrogen) atoms. The molecule has 0 aliphatic carbocycles. The fourth-order valence-electron chi connectivity index (χ4n) is 2.79. The largest absolute Gasteiger partial charge is 0.494 e. The number of rotatable bonds is 3. The van der Waals surface area contributed by atoms with Crippen molar-refractivity contribution in [1.82, 2.24) is 4.57 Å². The van der Waals surface area contributed by atoms with Crippen LogP contribution in [0.5, 0.6) is 11.8 Å². The molecule has 0 aliphatic rings. The van der Waals surface area contributed by atoms with Crippen LogP contribution in [0, 0.1) is 0 Å². The number of hydrogen-bond acceptors (Lipinski definition) is 3. The second-order valence-electron chi connectivity index (χ2n) is 5.48. The monoisotopic (exact) mass is 321 g/mol. The van der Waals surface area contributed by atoms with E-state index in [1.807, 2.05) is 53.9 Å². The first kappa shape index (κ1) is 13.9. The highest BCUT2D eigenvalue weighted by Gasteiger charge is 2.16. The number of nitrogens with zero attached hydrogens (tertiary/aromatic N) is 1. The molecule has 114 valence electrons. The molecule has 0 aliphatic heterocycles. The molecule has 2 heterocycles. The van der Waals surface area contributed by atoms with Crippen LogP contribution >= 0.6 is 11.3 Å². The van der Waals surface area contributed by atoms with Crippen LogP contribution in [-0.4, -0.2) is 14.8 Å². The van der Waals surface area contributed by atoms with Crippen LogP contribution in [0.4, 0.5) is 0 Å². The van der Waals surface area contributed by atoms with Crippen LogP contribution < -0.4 is 0 Å². The molecule has 0 amide bonds. The van der Waals surface area contributed by atoms with Gasteiger partial charge in [0.1, 0.15) is 0 Å². The molecule has 4 aromatic rings. The molecular formula is C19H15NO2S. The van der Waals surface area contributed by atoms with E-state index in [0.29, 0.717) is 12.1 Å². The van der Waals surface area contributed by atoms with Gasteiger partial charge in [0.05, 0.1) is 6.54 Å². The van der Waals surface area contributed by atoms with Crippen molar-refractivity contribution in [3.05, 3.63) is 71.6 Å². The summed E-state index contributed by atoms with van der Waals surface area (Å²) >= 11 is 1.69. The predicted molar refractivity (Wildman–Crippen MR) is 94.1 cm³/mol. The minimum absolute atomic E-state index is 0.0618. The van der Waals surface area contributed by atoms with Crippen LogP contribution in [0.1, 0.15) is 5.56 Å². The zero-order valence-corrected chi connectivity index (χ0v) is 13.1. The Morgan fingerprint density at radius 2 is 1.74 bits per heavy atom. The maximum Gasteiger partial charge on any atom is 0.202 e. The van der Waals surface area contributed by atoms with E-state index < -0.39 is 0 Å². The van der Waals surface area contributed by atoms with E-state index in [1.54, 1.807) is 17.4 Å². The van der Waals surface area contributed by atoms with E-state index >= 15 is 0 Å². The van der Waals surface area contributed by atoms with E-state index in [4.69, 9.17) is 0 Å². The first-order chi connectivity index (χ1) is 11.2. The van der Waals surface area contributed by atoms with Crippen molar-refractivity contribution in [2.75, 3.05) is 0 Å². The standard InChI is InChI=1S/C19H15NO2S/c21-18-11-16(14-6-7-17-15(10-14)8-9-23-17)19(22)20(18)12-13-4-2-1-3-5-13/h1-11,21-22H,12H2. The van der Waals surface area contributed by atoms with Crippen molar-refractivity contribution in [2.45, 2.75) is 6.54 Å². The highest BCUT2D eigenvalue weighted by Crippen LogP contribution is 2.38. The van der Waals surface area contributed by atoms with Gasteiger partial charge in [-0.05, 0) is 40.1 Å². The summed E-state index contributed by atoms with van der Waals surface area (Å²) in [6.45, 7) is 0.430. The van der Waals surface area contributed by atoms with Gasteiger partial charge < -0.3 is 10.2 Å². The fraction of sp³-hybridized carbons (Fsp3) is 0.0526. The van der Waals surface area contributed by atoms with Gasteiger partial charge in [-0.3, -0.25) is 4.57 Å². The second-order valence-corrected chi connectivity index (χ2v) is 6.43. The molecule has 0 fully saturated rings. The zero-order valence-electron chi connectivity index (χ0n) is 12.3. The van der Waals surface area contributed by atoms with Gasteiger partial charge in [0.25, 0.3) is 0 Å². The van der Waals surface area contributed by atoms with Crippen LogP contribution in [0.3, 0.4) is 0 Å². The number of fused-ring (bicyclic) bond motifs is 1. The third-order valence-electron chi connectivity index (χ3n) is 3.99. The lowest BCUT2D eigenvalue weighted by atomic mass is 10.1. The molecule has 4 heteroatoms. The lowest BCUT2D eigenvalue weighted by molar-refractivity contribution is 0.378. The summed E-state index contributed by atoms with van der Waals surface area (Å²) < 4.78 is 2.73. The minimum Gasteiger partial charge on any atom is -0.494 e. The van der Waals surface area contributed by atoms with Crippen molar-refractivity contribution >= 4 is 21.4 Å². The molecule has 2 aromatic carbocycles. The van der Waals surface area contributed by atoms with Crippen molar-refractivity contribution in [2.24, 2.45) is 0 Å². The molecule has 0 bridgehead atoms. The number of hydrogen-bond donors (Lipinski definition) is 2. The summed E-state index contributed by atoms with van der Waals surface area (Å²) in [7, 11) is 0. The summed E-state index contributed by atoms with van der Waals surface area (Å²) in [4.78, 5) is 0. The van der Waals surface area contributed by atoms with Gasteiger partial charge in [-0.1, -0.05) is 36.4 Å². The molecule has 3 nitrogen and oxygen atoms in total. The predicted octanol–water partition coefficient (Wildman–Crippen LogP) is 4.83. The Kier molecular flexibility index (Phi) is 3.32. The first-order valence-electron chi connectivity index (χ1n) is 7.35. The molecule has 0 saturated carbocycles. The van der Waals surface area contributed by atoms with Crippen molar-refractivity contribution in [1.29, 1.82) is 0 Å². The fourth-order valence-corrected chi connectivity index (χ4v) is 3.56. The van der Waals surface area contributed by atoms with Crippen LogP contribution in [-0.2, 0) is 6.54 Å². The Balaban J connectivity index is 1.76. The van der Waals surface area contributed by atoms with E-state index in [1.165, 1.54) is 9.27 Å². The normalized spacial score (nSPS) is 11.1. The lowest BCUT2D eigenvalue weighted by Crippen LogP contribution is -1.98. The number of aromatic nitrogens is 1. The maximum atomic E-state index is 10.6. The zero-order chi connectivity index (χ0) is 15.8. The molecule has 0 spiro atoms. The highest BCUT2D eigenvalue weighted by atomic mass is 32.1. The molecule has 0 atom stereocenters. The van der Waals surface area contributed by atoms with Gasteiger partial charge >= 0.3 is 0 Å². The first-order valence-corrected chi connectivity index (χ1v) is 8.23. The minimum atomic E-state index is 0.0618. The number of thiophene rings is 1. The molecule has 0 saturated heterocycles. The van der Waals surface area contributed by atoms with Gasteiger partial charge in [0.15, 0.2) is 5.88 Å². The van der Waals surface area contributed by atoms with Gasteiger partial charge in [-0.25, -0.2) is 0 Å². The average Bonchev–Trinajstić information content (AvgIpc) is 3.15. The summed E-state index contributed by atoms with van der Waals surface area (Å²) in [6.07, 6.45) is 0. The van der Waals surface area contributed by atoms with E-state index in [2.05, 4.69) is 6.07 Å². The smallest absolute Gasteiger partial charge is 0.202 e. The topological polar surface area (TPSA) is 45.4 Å². The third-order valence-corrected chi connectivity index (χ3v) is 4.89.